The fourth-order valence-corrected chi connectivity index (χ4v) is 5.22. The van der Waals surface area contributed by atoms with Crippen molar-refractivity contribution >= 4 is 17.2 Å². The Kier molecular flexibility index (Phi) is 7.95. The van der Waals surface area contributed by atoms with Crippen LogP contribution in [0.15, 0.2) is 53.9 Å². The Labute approximate surface area is 224 Å². The molecule has 0 bridgehead atoms. The topological polar surface area (TPSA) is 57.8 Å². The number of carbonyl (C=O) groups excluding carboxylic acids is 1. The minimum absolute atomic E-state index is 0.00911. The molecule has 0 spiro atoms. The second-order valence-corrected chi connectivity index (χ2v) is 12.2. The third-order valence-corrected chi connectivity index (χ3v) is 7.95. The molecule has 0 N–H and O–H groups in total. The van der Waals surface area contributed by atoms with Gasteiger partial charge < -0.3 is 18.6 Å². The maximum atomic E-state index is 13.6. The van der Waals surface area contributed by atoms with Crippen LogP contribution in [-0.4, -0.2) is 34.4 Å². The van der Waals surface area contributed by atoms with Gasteiger partial charge in [0.25, 0.3) is 5.91 Å². The molecule has 1 atom stereocenters. The molecular weight excluding hydrogens is 515 g/mol. The zero-order chi connectivity index (χ0) is 27.7. The molecule has 1 aromatic carbocycles. The van der Waals surface area contributed by atoms with Crippen molar-refractivity contribution in [3.8, 4) is 5.75 Å². The second kappa shape index (κ2) is 10.7. The fourth-order valence-electron chi connectivity index (χ4n) is 4.17. The van der Waals surface area contributed by atoms with Crippen LogP contribution in [0, 0.1) is 0 Å². The summed E-state index contributed by atoms with van der Waals surface area (Å²) in [6.07, 6.45) is 3.00. The van der Waals surface area contributed by atoms with Gasteiger partial charge in [-0.15, -0.1) is 11.3 Å². The second-order valence-electron chi connectivity index (χ2n) is 11.2. The average molecular weight is 550 g/mol. The van der Waals surface area contributed by atoms with E-state index in [1.165, 1.54) is 17.4 Å². The van der Waals surface area contributed by atoms with Crippen molar-refractivity contribution in [1.82, 2.24) is 9.13 Å². The first-order valence-electron chi connectivity index (χ1n) is 12.6. The van der Waals surface area contributed by atoms with Crippen molar-refractivity contribution in [2.24, 2.45) is 4.99 Å². The van der Waals surface area contributed by atoms with Crippen LogP contribution in [0.25, 0.3) is 0 Å². The summed E-state index contributed by atoms with van der Waals surface area (Å²) >= 11 is 1.36. The highest BCUT2D eigenvalue weighted by molar-refractivity contribution is 7.09. The van der Waals surface area contributed by atoms with Gasteiger partial charge in [-0.05, 0) is 62.4 Å². The first-order chi connectivity index (χ1) is 17.7. The van der Waals surface area contributed by atoms with E-state index >= 15 is 0 Å². The molecule has 0 saturated carbocycles. The number of rotatable bonds is 7. The van der Waals surface area contributed by atoms with Crippen LogP contribution in [0.4, 0.5) is 13.2 Å². The molecule has 2 aromatic heterocycles. The Hall–Kier alpha value is -2.85. The lowest BCUT2D eigenvalue weighted by molar-refractivity contribution is -0.137. The zero-order valence-electron chi connectivity index (χ0n) is 22.3. The number of hydrogen-bond donors (Lipinski definition) is 0. The lowest BCUT2D eigenvalue weighted by Gasteiger charge is -2.27. The van der Waals surface area contributed by atoms with Gasteiger partial charge in [0, 0.05) is 30.1 Å². The van der Waals surface area contributed by atoms with Crippen LogP contribution in [0.5, 0.6) is 5.75 Å². The molecule has 0 unspecified atom stereocenters. The van der Waals surface area contributed by atoms with E-state index in [2.05, 4.69) is 25.8 Å². The molecule has 1 fully saturated rings. The van der Waals surface area contributed by atoms with Crippen LogP contribution in [0.1, 0.15) is 68.3 Å². The van der Waals surface area contributed by atoms with Crippen molar-refractivity contribution < 1.29 is 27.4 Å². The minimum Gasteiger partial charge on any atom is -0.490 e. The molecule has 4 rings (SSSR count). The zero-order valence-corrected chi connectivity index (χ0v) is 23.2. The Morgan fingerprint density at radius 3 is 2.47 bits per heavy atom. The predicted octanol–water partition coefficient (Wildman–Crippen LogP) is 6.40. The summed E-state index contributed by atoms with van der Waals surface area (Å²) in [4.78, 5) is 19.2. The third-order valence-electron chi connectivity index (χ3n) is 6.50. The van der Waals surface area contributed by atoms with E-state index in [1.807, 2.05) is 53.7 Å². The minimum atomic E-state index is -4.61. The van der Waals surface area contributed by atoms with Crippen molar-refractivity contribution in [1.29, 1.82) is 0 Å². The van der Waals surface area contributed by atoms with Gasteiger partial charge in [0.1, 0.15) is 12.4 Å². The number of alkyl halides is 3. The average Bonchev–Trinajstić information content (AvgIpc) is 3.60. The van der Waals surface area contributed by atoms with E-state index < -0.39 is 23.2 Å². The summed E-state index contributed by atoms with van der Waals surface area (Å²) < 4.78 is 56.3. The molecule has 1 aliphatic rings. The number of nitrogens with zero attached hydrogens (tertiary/aromatic N) is 3. The Bertz CT molecular complexity index is 1330. The molecule has 206 valence electrons. The van der Waals surface area contributed by atoms with Crippen LogP contribution >= 0.6 is 11.3 Å². The Morgan fingerprint density at radius 1 is 1.16 bits per heavy atom. The van der Waals surface area contributed by atoms with E-state index in [4.69, 9.17) is 9.47 Å². The van der Waals surface area contributed by atoms with Crippen molar-refractivity contribution in [2.45, 2.75) is 77.2 Å². The molecule has 10 heteroatoms. The van der Waals surface area contributed by atoms with Gasteiger partial charge in [0.2, 0.25) is 0 Å². The number of thiazole rings is 1. The predicted molar refractivity (Wildman–Crippen MR) is 141 cm³/mol. The van der Waals surface area contributed by atoms with Crippen LogP contribution < -0.4 is 9.54 Å². The summed E-state index contributed by atoms with van der Waals surface area (Å²) in [5, 5.41) is 0. The van der Waals surface area contributed by atoms with Gasteiger partial charge >= 0.3 is 6.18 Å². The summed E-state index contributed by atoms with van der Waals surface area (Å²) in [5.41, 5.74) is -1.84. The summed E-state index contributed by atoms with van der Waals surface area (Å²) in [7, 11) is 0. The first-order valence-corrected chi connectivity index (χ1v) is 13.4. The van der Waals surface area contributed by atoms with Gasteiger partial charge in [0.05, 0.1) is 29.3 Å². The van der Waals surface area contributed by atoms with Gasteiger partial charge in [-0.3, -0.25) is 4.79 Å². The molecule has 1 saturated heterocycles. The molecule has 0 aliphatic carbocycles. The summed E-state index contributed by atoms with van der Waals surface area (Å²) in [5.74, 6) is -0.724. The standard InChI is InChI=1S/C28H34F3N3O3S/c1-26(2,3)23-17-33(16-20-9-8-14-36-20)25(38-23)32-24(35)21-15-19(28(29,30)31)10-11-22(21)37-18-27(4,5)34-12-6-7-13-34/h6-7,10-13,15,17,20H,8-9,14,16,18H2,1-5H3/t20-/m1/s1. The number of aromatic nitrogens is 2. The van der Waals surface area contributed by atoms with Crippen LogP contribution in [0.2, 0.25) is 0 Å². The molecule has 1 aliphatic heterocycles. The molecule has 3 aromatic rings. The van der Waals surface area contributed by atoms with Crippen LogP contribution in [0.3, 0.4) is 0 Å². The smallest absolute Gasteiger partial charge is 0.416 e. The van der Waals surface area contributed by atoms with E-state index in [0.29, 0.717) is 18.0 Å². The first kappa shape index (κ1) is 28.2. The summed E-state index contributed by atoms with van der Waals surface area (Å²) in [6, 6.07) is 6.72. The van der Waals surface area contributed by atoms with Crippen molar-refractivity contribution in [2.75, 3.05) is 13.2 Å². The maximum absolute atomic E-state index is 13.6. The van der Waals surface area contributed by atoms with Gasteiger partial charge in [-0.2, -0.15) is 18.2 Å². The van der Waals surface area contributed by atoms with E-state index in [9.17, 15) is 18.0 Å². The summed E-state index contributed by atoms with van der Waals surface area (Å²) in [6.45, 7) is 11.4. The lowest BCUT2D eigenvalue weighted by Crippen LogP contribution is -2.32. The normalized spacial score (nSPS) is 17.3. The molecule has 0 radical (unpaired) electrons. The highest BCUT2D eigenvalue weighted by Gasteiger charge is 2.33. The number of amides is 1. The number of hydrogen-bond acceptors (Lipinski definition) is 4. The monoisotopic (exact) mass is 549 g/mol. The van der Waals surface area contributed by atoms with Crippen LogP contribution in [-0.2, 0) is 28.4 Å². The van der Waals surface area contributed by atoms with E-state index in [1.54, 1.807) is 0 Å². The van der Waals surface area contributed by atoms with Gasteiger partial charge in [-0.25, -0.2) is 0 Å². The number of halogens is 3. The highest BCUT2D eigenvalue weighted by Crippen LogP contribution is 2.34. The quantitative estimate of drug-likeness (QED) is 0.343. The largest absolute Gasteiger partial charge is 0.490 e. The van der Waals surface area contributed by atoms with E-state index in [-0.39, 0.29) is 29.4 Å². The fraction of sp³-hybridized carbons (Fsp3) is 0.500. The van der Waals surface area contributed by atoms with Gasteiger partial charge in [0.15, 0.2) is 4.80 Å². The Morgan fingerprint density at radius 2 is 1.87 bits per heavy atom. The SMILES string of the molecule is CC(C)(C)c1cn(C[C@H]2CCCO2)c(=NC(=O)c2cc(C(F)(F)F)ccc2OCC(C)(C)n2cccc2)s1. The molecule has 1 amide bonds. The van der Waals surface area contributed by atoms with Crippen molar-refractivity contribution in [3.05, 3.63) is 69.7 Å². The number of ether oxygens (including phenoxy) is 2. The maximum Gasteiger partial charge on any atom is 0.416 e. The lowest BCUT2D eigenvalue weighted by atomic mass is 9.95. The van der Waals surface area contributed by atoms with E-state index in [0.717, 1.165) is 29.9 Å². The molecule has 6 nitrogen and oxygen atoms in total. The number of benzene rings is 1. The Balaban J connectivity index is 1.72. The van der Waals surface area contributed by atoms with Crippen molar-refractivity contribution in [3.63, 3.8) is 0 Å². The molecular formula is C28H34F3N3O3S. The molecule has 3 heterocycles. The number of carbonyl (C=O) groups is 1. The third kappa shape index (κ3) is 6.58. The molecule has 38 heavy (non-hydrogen) atoms. The van der Waals surface area contributed by atoms with Gasteiger partial charge in [-0.1, -0.05) is 20.8 Å². The highest BCUT2D eigenvalue weighted by atomic mass is 32.1.